The minimum absolute atomic E-state index is 0.291. The summed E-state index contributed by atoms with van der Waals surface area (Å²) >= 11 is 0. The van der Waals surface area contributed by atoms with Crippen LogP contribution in [0.1, 0.15) is 29.8 Å². The third-order valence-electron chi connectivity index (χ3n) is 4.82. The van der Waals surface area contributed by atoms with Gasteiger partial charge >= 0.3 is 6.36 Å². The number of ether oxygens (including phenoxy) is 1. The van der Waals surface area contributed by atoms with Crippen molar-refractivity contribution in [2.24, 2.45) is 0 Å². The van der Waals surface area contributed by atoms with Crippen LogP contribution in [0.2, 0.25) is 0 Å². The maximum absolute atomic E-state index is 12.8. The first-order chi connectivity index (χ1) is 15.1. The highest BCUT2D eigenvalue weighted by molar-refractivity contribution is 6.01. The lowest BCUT2D eigenvalue weighted by Gasteiger charge is -2.26. The van der Waals surface area contributed by atoms with Crippen molar-refractivity contribution in [3.8, 4) is 17.1 Å². The van der Waals surface area contributed by atoms with Gasteiger partial charge in [0, 0.05) is 29.7 Å². The number of nitrogens with zero attached hydrogens (tertiary/aromatic N) is 4. The Labute approximate surface area is 180 Å². The van der Waals surface area contributed by atoms with Crippen LogP contribution in [0.5, 0.6) is 5.75 Å². The van der Waals surface area contributed by atoms with Gasteiger partial charge in [0.2, 0.25) is 0 Å². The number of pyridine rings is 1. The maximum Gasteiger partial charge on any atom is 0.573 e. The molecule has 0 aliphatic rings. The fraction of sp³-hybridized carbons (Fsp3) is 0.182. The van der Waals surface area contributed by atoms with Crippen LogP contribution < -0.4 is 10.1 Å². The van der Waals surface area contributed by atoms with Gasteiger partial charge in [0.1, 0.15) is 5.75 Å². The standard InChI is InChI=1S/C22H18F3N5O2/c1-21(2,29-20(31)17-13-28-30-10-4-3-5-18(17)30)15-11-26-19(27-12-15)14-6-8-16(9-7-14)32-22(23,24)25/h3-13H,1-2H3,(H,29,31). The largest absolute Gasteiger partial charge is 0.573 e. The number of benzene rings is 1. The Morgan fingerprint density at radius 3 is 2.34 bits per heavy atom. The molecule has 0 saturated carbocycles. The summed E-state index contributed by atoms with van der Waals surface area (Å²) in [4.78, 5) is 21.4. The second kappa shape index (κ2) is 7.95. The average molecular weight is 441 g/mol. The molecule has 0 unspecified atom stereocenters. The van der Waals surface area contributed by atoms with Crippen LogP contribution in [0.15, 0.2) is 67.3 Å². The molecule has 1 aromatic carbocycles. The van der Waals surface area contributed by atoms with Gasteiger partial charge in [-0.3, -0.25) is 4.79 Å². The molecule has 0 atom stereocenters. The molecule has 3 aromatic heterocycles. The van der Waals surface area contributed by atoms with Gasteiger partial charge in [0.05, 0.1) is 22.8 Å². The Balaban J connectivity index is 1.49. The highest BCUT2D eigenvalue weighted by Gasteiger charge is 2.31. The number of hydrogen-bond donors (Lipinski definition) is 1. The number of hydrogen-bond acceptors (Lipinski definition) is 5. The monoisotopic (exact) mass is 441 g/mol. The van der Waals surface area contributed by atoms with E-state index in [1.54, 1.807) is 29.2 Å². The Kier molecular flexibility index (Phi) is 5.29. The smallest absolute Gasteiger partial charge is 0.406 e. The number of alkyl halides is 3. The molecule has 1 N–H and O–H groups in total. The number of amides is 1. The fourth-order valence-electron chi connectivity index (χ4n) is 3.14. The molecule has 3 heterocycles. The lowest BCUT2D eigenvalue weighted by molar-refractivity contribution is -0.274. The lowest BCUT2D eigenvalue weighted by atomic mass is 9.96. The minimum atomic E-state index is -4.75. The molecular weight excluding hydrogens is 423 g/mol. The molecule has 0 spiro atoms. The summed E-state index contributed by atoms with van der Waals surface area (Å²) in [5.41, 5.74) is 1.52. The Morgan fingerprint density at radius 2 is 1.69 bits per heavy atom. The molecule has 164 valence electrons. The van der Waals surface area contributed by atoms with Gasteiger partial charge in [-0.1, -0.05) is 6.07 Å². The van der Waals surface area contributed by atoms with Crippen molar-refractivity contribution in [2.45, 2.75) is 25.7 Å². The predicted molar refractivity (Wildman–Crippen MR) is 110 cm³/mol. The van der Waals surface area contributed by atoms with Crippen molar-refractivity contribution in [3.63, 3.8) is 0 Å². The van der Waals surface area contributed by atoms with Gasteiger partial charge in [0.15, 0.2) is 5.82 Å². The van der Waals surface area contributed by atoms with Crippen molar-refractivity contribution in [1.82, 2.24) is 24.9 Å². The van der Waals surface area contributed by atoms with Crippen LogP contribution >= 0.6 is 0 Å². The van der Waals surface area contributed by atoms with Crippen LogP contribution in [-0.2, 0) is 5.54 Å². The molecule has 0 aliphatic heterocycles. The van der Waals surface area contributed by atoms with Gasteiger partial charge < -0.3 is 10.1 Å². The van der Waals surface area contributed by atoms with Gasteiger partial charge in [0.25, 0.3) is 5.91 Å². The average Bonchev–Trinajstić information content (AvgIpc) is 3.17. The predicted octanol–water partition coefficient (Wildman–Crippen LogP) is 4.36. The van der Waals surface area contributed by atoms with E-state index in [-0.39, 0.29) is 11.7 Å². The van der Waals surface area contributed by atoms with E-state index in [0.717, 1.165) is 0 Å². The van der Waals surface area contributed by atoms with E-state index in [0.29, 0.717) is 28.0 Å². The summed E-state index contributed by atoms with van der Waals surface area (Å²) in [7, 11) is 0. The summed E-state index contributed by atoms with van der Waals surface area (Å²) in [5.74, 6) is -0.285. The summed E-state index contributed by atoms with van der Waals surface area (Å²) < 4.78 is 42.4. The zero-order valence-corrected chi connectivity index (χ0v) is 17.1. The van der Waals surface area contributed by atoms with Crippen molar-refractivity contribution >= 4 is 11.4 Å². The molecular formula is C22H18F3N5O2. The zero-order valence-electron chi connectivity index (χ0n) is 17.1. The number of carbonyl (C=O) groups is 1. The molecule has 32 heavy (non-hydrogen) atoms. The van der Waals surface area contributed by atoms with Crippen LogP contribution in [0.4, 0.5) is 13.2 Å². The molecule has 0 saturated heterocycles. The molecule has 7 nitrogen and oxygen atoms in total. The summed E-state index contributed by atoms with van der Waals surface area (Å²) in [6.07, 6.45) is 1.65. The number of carbonyl (C=O) groups excluding carboxylic acids is 1. The van der Waals surface area contributed by atoms with E-state index < -0.39 is 11.9 Å². The van der Waals surface area contributed by atoms with Crippen molar-refractivity contribution in [3.05, 3.63) is 78.4 Å². The summed E-state index contributed by atoms with van der Waals surface area (Å²) in [6, 6.07) is 10.7. The minimum Gasteiger partial charge on any atom is -0.406 e. The SMILES string of the molecule is CC(C)(NC(=O)c1cnn2ccccc12)c1cnc(-c2ccc(OC(F)(F)F)cc2)nc1. The molecule has 10 heteroatoms. The first-order valence-electron chi connectivity index (χ1n) is 9.56. The molecule has 0 radical (unpaired) electrons. The van der Waals surface area contributed by atoms with Gasteiger partial charge in [-0.05, 0) is 50.2 Å². The van der Waals surface area contributed by atoms with Gasteiger partial charge in [-0.15, -0.1) is 13.2 Å². The summed E-state index contributed by atoms with van der Waals surface area (Å²) in [6.45, 7) is 3.64. The topological polar surface area (TPSA) is 81.4 Å². The Morgan fingerprint density at radius 1 is 1.00 bits per heavy atom. The van der Waals surface area contributed by atoms with Crippen molar-refractivity contribution in [2.75, 3.05) is 0 Å². The number of aromatic nitrogens is 4. The van der Waals surface area contributed by atoms with Crippen molar-refractivity contribution in [1.29, 1.82) is 0 Å². The molecule has 4 aromatic rings. The first kappa shape index (κ1) is 21.3. The highest BCUT2D eigenvalue weighted by Crippen LogP contribution is 2.26. The zero-order chi connectivity index (χ0) is 22.9. The highest BCUT2D eigenvalue weighted by atomic mass is 19.4. The van der Waals surface area contributed by atoms with Crippen molar-refractivity contribution < 1.29 is 22.7 Å². The second-order valence-corrected chi connectivity index (χ2v) is 7.54. The Bertz CT molecular complexity index is 1250. The van der Waals surface area contributed by atoms with Crippen LogP contribution in [0.25, 0.3) is 16.9 Å². The summed E-state index contributed by atoms with van der Waals surface area (Å²) in [5, 5.41) is 7.13. The van der Waals surface area contributed by atoms with Gasteiger partial charge in [-0.25, -0.2) is 14.5 Å². The van der Waals surface area contributed by atoms with Crippen LogP contribution in [-0.4, -0.2) is 31.9 Å². The maximum atomic E-state index is 12.8. The lowest BCUT2D eigenvalue weighted by Crippen LogP contribution is -2.41. The van der Waals surface area contributed by atoms with Crippen LogP contribution in [0, 0.1) is 0 Å². The molecule has 0 bridgehead atoms. The van der Waals surface area contributed by atoms with E-state index in [1.165, 1.54) is 30.5 Å². The molecule has 0 aliphatic carbocycles. The number of fused-ring (bicyclic) bond motifs is 1. The fourth-order valence-corrected chi connectivity index (χ4v) is 3.14. The molecule has 1 amide bonds. The van der Waals surface area contributed by atoms with Gasteiger partial charge in [-0.2, -0.15) is 5.10 Å². The third kappa shape index (κ3) is 4.53. The number of halogens is 3. The van der Waals surface area contributed by atoms with Crippen LogP contribution in [0.3, 0.4) is 0 Å². The van der Waals surface area contributed by atoms with E-state index in [9.17, 15) is 18.0 Å². The second-order valence-electron chi connectivity index (χ2n) is 7.54. The van der Waals surface area contributed by atoms with E-state index in [4.69, 9.17) is 0 Å². The first-order valence-corrected chi connectivity index (χ1v) is 9.56. The Hall–Kier alpha value is -3.95. The number of rotatable bonds is 5. The normalized spacial score (nSPS) is 12.0. The molecule has 4 rings (SSSR count). The van der Waals surface area contributed by atoms with E-state index >= 15 is 0 Å². The van der Waals surface area contributed by atoms with E-state index in [2.05, 4.69) is 25.1 Å². The quantitative estimate of drug-likeness (QED) is 0.498. The third-order valence-corrected chi connectivity index (χ3v) is 4.82. The van der Waals surface area contributed by atoms with E-state index in [1.807, 2.05) is 26.0 Å². The number of nitrogens with one attached hydrogen (secondary N) is 1. The molecule has 0 fully saturated rings.